The Labute approximate surface area is 297 Å². The van der Waals surface area contributed by atoms with E-state index in [2.05, 4.69) is 178 Å². The van der Waals surface area contributed by atoms with Crippen molar-refractivity contribution in [3.05, 3.63) is 175 Å². The number of hydrogen-bond acceptors (Lipinski definition) is 3. The van der Waals surface area contributed by atoms with Crippen molar-refractivity contribution in [1.29, 1.82) is 0 Å². The molecular formula is C48H33N3. The molecule has 0 N–H and O–H groups in total. The Morgan fingerprint density at radius 1 is 0.353 bits per heavy atom. The van der Waals surface area contributed by atoms with Crippen molar-refractivity contribution in [3.63, 3.8) is 0 Å². The molecule has 0 saturated carbocycles. The average molecular weight is 652 g/mol. The van der Waals surface area contributed by atoms with E-state index in [9.17, 15) is 0 Å². The van der Waals surface area contributed by atoms with Crippen LogP contribution in [0, 0.1) is 0 Å². The highest BCUT2D eigenvalue weighted by atomic mass is 15.0. The fourth-order valence-corrected chi connectivity index (χ4v) is 8.21. The van der Waals surface area contributed by atoms with E-state index in [-0.39, 0.29) is 5.41 Å². The van der Waals surface area contributed by atoms with Gasteiger partial charge in [-0.1, -0.05) is 159 Å². The van der Waals surface area contributed by atoms with Crippen LogP contribution < -0.4 is 0 Å². The molecule has 0 fully saturated rings. The second kappa shape index (κ2) is 11.3. The lowest BCUT2D eigenvalue weighted by Gasteiger charge is -2.25. The van der Waals surface area contributed by atoms with Gasteiger partial charge in [0.1, 0.15) is 0 Å². The highest BCUT2D eigenvalue weighted by Crippen LogP contribution is 2.53. The largest absolute Gasteiger partial charge is 0.208 e. The Kier molecular flexibility index (Phi) is 6.53. The van der Waals surface area contributed by atoms with Crippen molar-refractivity contribution in [2.24, 2.45) is 0 Å². The van der Waals surface area contributed by atoms with Crippen LogP contribution >= 0.6 is 0 Å². The van der Waals surface area contributed by atoms with Crippen LogP contribution in [0.25, 0.3) is 88.7 Å². The van der Waals surface area contributed by atoms with Crippen molar-refractivity contribution >= 4 is 32.3 Å². The number of benzene rings is 8. The molecule has 8 aromatic carbocycles. The zero-order valence-corrected chi connectivity index (χ0v) is 28.4. The van der Waals surface area contributed by atoms with E-state index < -0.39 is 0 Å². The third-order valence-corrected chi connectivity index (χ3v) is 10.7. The summed E-state index contributed by atoms with van der Waals surface area (Å²) >= 11 is 0. The van der Waals surface area contributed by atoms with Gasteiger partial charge in [0.05, 0.1) is 0 Å². The van der Waals surface area contributed by atoms with E-state index >= 15 is 0 Å². The second-order valence-electron chi connectivity index (χ2n) is 14.0. The molecule has 0 atom stereocenters. The second-order valence-corrected chi connectivity index (χ2v) is 14.0. The van der Waals surface area contributed by atoms with E-state index in [0.717, 1.165) is 32.8 Å². The van der Waals surface area contributed by atoms with Crippen LogP contribution in [-0.2, 0) is 5.41 Å². The fraction of sp³-hybridized carbons (Fsp3) is 0.0625. The number of rotatable bonds is 4. The maximum atomic E-state index is 5.21. The topological polar surface area (TPSA) is 38.7 Å². The zero-order valence-electron chi connectivity index (χ0n) is 28.4. The maximum Gasteiger partial charge on any atom is 0.164 e. The van der Waals surface area contributed by atoms with E-state index in [1.54, 1.807) is 0 Å². The van der Waals surface area contributed by atoms with Gasteiger partial charge in [-0.3, -0.25) is 0 Å². The molecule has 240 valence electrons. The first-order valence-corrected chi connectivity index (χ1v) is 17.5. The van der Waals surface area contributed by atoms with Gasteiger partial charge < -0.3 is 0 Å². The van der Waals surface area contributed by atoms with Crippen LogP contribution in [0.15, 0.2) is 164 Å². The lowest BCUT2D eigenvalue weighted by atomic mass is 9.78. The molecule has 0 saturated heterocycles. The van der Waals surface area contributed by atoms with Gasteiger partial charge in [0, 0.05) is 22.1 Å². The Balaban J connectivity index is 1.19. The van der Waals surface area contributed by atoms with Gasteiger partial charge in [-0.15, -0.1) is 0 Å². The first-order chi connectivity index (χ1) is 25.0. The first-order valence-electron chi connectivity index (χ1n) is 17.5. The summed E-state index contributed by atoms with van der Waals surface area (Å²) in [5, 5.41) is 6.96. The summed E-state index contributed by atoms with van der Waals surface area (Å²) in [6, 6.07) is 58.4. The molecular weight excluding hydrogens is 619 g/mol. The van der Waals surface area contributed by atoms with Gasteiger partial charge in [0.2, 0.25) is 0 Å². The molecule has 0 radical (unpaired) electrons. The quantitative estimate of drug-likeness (QED) is 0.190. The van der Waals surface area contributed by atoms with Gasteiger partial charge in [-0.05, 0) is 83.9 Å². The Bertz CT molecular complexity index is 2750. The predicted octanol–water partition coefficient (Wildman–Crippen LogP) is 12.3. The van der Waals surface area contributed by atoms with Gasteiger partial charge in [-0.2, -0.15) is 0 Å². The summed E-state index contributed by atoms with van der Waals surface area (Å²) in [7, 11) is 0. The van der Waals surface area contributed by atoms with Crippen molar-refractivity contribution in [3.8, 4) is 56.4 Å². The molecule has 10 rings (SSSR count). The van der Waals surface area contributed by atoms with Crippen LogP contribution in [0.5, 0.6) is 0 Å². The first kappa shape index (κ1) is 29.5. The summed E-state index contributed by atoms with van der Waals surface area (Å²) in [5.74, 6) is 1.97. The van der Waals surface area contributed by atoms with Gasteiger partial charge in [-0.25, -0.2) is 15.0 Å². The highest BCUT2D eigenvalue weighted by Gasteiger charge is 2.37. The van der Waals surface area contributed by atoms with E-state index in [0.29, 0.717) is 17.5 Å². The molecule has 1 heterocycles. The predicted molar refractivity (Wildman–Crippen MR) is 212 cm³/mol. The summed E-state index contributed by atoms with van der Waals surface area (Å²) in [5.41, 5.74) is 10.7. The lowest BCUT2D eigenvalue weighted by molar-refractivity contribution is 0.662. The summed E-state index contributed by atoms with van der Waals surface area (Å²) in [6.45, 7) is 4.70. The lowest BCUT2D eigenvalue weighted by Crippen LogP contribution is -2.16. The standard InChI is InChI=1S/C48H33N3/c1-48(2)43-21-10-9-18-39(43)41-20-11-19-40(44(41)48)38-26-27-42(37-17-8-7-16-36(37)38)47-50-45(34-24-22-30-12-3-5-14-32(30)28-34)49-46(51-47)35-25-23-31-13-4-6-15-33(31)29-35/h3-29H,1-2H3. The van der Waals surface area contributed by atoms with Crippen LogP contribution in [0.3, 0.4) is 0 Å². The fourth-order valence-electron chi connectivity index (χ4n) is 8.21. The maximum absolute atomic E-state index is 5.21. The Hall–Kier alpha value is -6.45. The van der Waals surface area contributed by atoms with Gasteiger partial charge in [0.15, 0.2) is 17.5 Å². The molecule has 1 aromatic heterocycles. The highest BCUT2D eigenvalue weighted by molar-refractivity contribution is 6.06. The molecule has 51 heavy (non-hydrogen) atoms. The molecule has 1 aliphatic rings. The smallest absolute Gasteiger partial charge is 0.164 e. The van der Waals surface area contributed by atoms with Gasteiger partial charge in [0.25, 0.3) is 0 Å². The minimum Gasteiger partial charge on any atom is -0.208 e. The van der Waals surface area contributed by atoms with Gasteiger partial charge >= 0.3 is 0 Å². The minimum atomic E-state index is -0.125. The third-order valence-electron chi connectivity index (χ3n) is 10.7. The van der Waals surface area contributed by atoms with E-state index in [4.69, 9.17) is 15.0 Å². The summed E-state index contributed by atoms with van der Waals surface area (Å²) in [4.78, 5) is 15.5. The molecule has 3 heteroatoms. The van der Waals surface area contributed by atoms with Crippen LogP contribution in [0.1, 0.15) is 25.0 Å². The third kappa shape index (κ3) is 4.69. The molecule has 0 unspecified atom stereocenters. The average Bonchev–Trinajstić information content (AvgIpc) is 3.43. The Morgan fingerprint density at radius 3 is 1.47 bits per heavy atom. The normalized spacial score (nSPS) is 13.1. The molecule has 0 amide bonds. The van der Waals surface area contributed by atoms with Crippen molar-refractivity contribution < 1.29 is 0 Å². The minimum absolute atomic E-state index is 0.125. The zero-order chi connectivity index (χ0) is 34.1. The summed E-state index contributed by atoms with van der Waals surface area (Å²) < 4.78 is 0. The molecule has 0 bridgehead atoms. The molecule has 0 spiro atoms. The van der Waals surface area contributed by atoms with Crippen molar-refractivity contribution in [2.75, 3.05) is 0 Å². The van der Waals surface area contributed by atoms with E-state index in [1.165, 1.54) is 49.5 Å². The number of fused-ring (bicyclic) bond motifs is 6. The molecule has 0 aliphatic heterocycles. The van der Waals surface area contributed by atoms with Crippen molar-refractivity contribution in [1.82, 2.24) is 15.0 Å². The molecule has 1 aliphatic carbocycles. The van der Waals surface area contributed by atoms with Crippen molar-refractivity contribution in [2.45, 2.75) is 19.3 Å². The molecule has 3 nitrogen and oxygen atoms in total. The molecule has 9 aromatic rings. The summed E-state index contributed by atoms with van der Waals surface area (Å²) in [6.07, 6.45) is 0. The monoisotopic (exact) mass is 651 g/mol. The Morgan fingerprint density at radius 2 is 0.824 bits per heavy atom. The SMILES string of the molecule is CC1(C)c2ccccc2-c2cccc(-c3ccc(-c4nc(-c5ccc6ccccc6c5)nc(-c5ccc6ccccc6c5)n4)c4ccccc34)c21. The number of nitrogens with zero attached hydrogens (tertiary/aromatic N) is 3. The number of aromatic nitrogens is 3. The number of hydrogen-bond donors (Lipinski definition) is 0. The van der Waals surface area contributed by atoms with Crippen LogP contribution in [0.2, 0.25) is 0 Å². The van der Waals surface area contributed by atoms with Crippen LogP contribution in [0.4, 0.5) is 0 Å². The van der Waals surface area contributed by atoms with Crippen LogP contribution in [-0.4, -0.2) is 15.0 Å². The van der Waals surface area contributed by atoms with E-state index in [1.807, 2.05) is 0 Å².